The van der Waals surface area contributed by atoms with Gasteiger partial charge in [0.15, 0.2) is 11.5 Å². The van der Waals surface area contributed by atoms with Gasteiger partial charge in [-0.15, -0.1) is 10.2 Å². The average molecular weight is 444 g/mol. The zero-order valence-electron chi connectivity index (χ0n) is 18.8. The molecular formula is C26H25N3O4. The van der Waals surface area contributed by atoms with Gasteiger partial charge in [-0.05, 0) is 66.9 Å². The van der Waals surface area contributed by atoms with Crippen molar-refractivity contribution < 1.29 is 18.7 Å². The third-order valence-corrected chi connectivity index (χ3v) is 5.34. The monoisotopic (exact) mass is 443 g/mol. The number of methoxy groups -OCH3 is 2. The van der Waals surface area contributed by atoms with Gasteiger partial charge in [0.2, 0.25) is 11.8 Å². The van der Waals surface area contributed by atoms with E-state index >= 15 is 0 Å². The van der Waals surface area contributed by atoms with E-state index in [-0.39, 0.29) is 5.91 Å². The molecule has 1 heterocycles. The number of aryl methyl sites for hydroxylation is 1. The lowest BCUT2D eigenvalue weighted by Crippen LogP contribution is -2.25. The first-order valence-electron chi connectivity index (χ1n) is 10.6. The lowest BCUT2D eigenvalue weighted by atomic mass is 10.1. The van der Waals surface area contributed by atoms with E-state index in [4.69, 9.17) is 13.9 Å². The molecule has 7 nitrogen and oxygen atoms in total. The number of hydrogen-bond donors (Lipinski definition) is 1. The summed E-state index contributed by atoms with van der Waals surface area (Å²) in [7, 11) is 3.20. The highest BCUT2D eigenvalue weighted by Gasteiger charge is 2.13. The van der Waals surface area contributed by atoms with Gasteiger partial charge < -0.3 is 19.2 Å². The summed E-state index contributed by atoms with van der Waals surface area (Å²) in [4.78, 5) is 12.5. The number of benzene rings is 3. The number of rotatable bonds is 8. The standard InChI is InChI=1S/C26H25N3O4/c1-17-6-4-5-7-21(17)26-29-28-25(33-26)20-11-9-19(10-12-20)24(30)27-15-14-18-8-13-22(31-2)23(16-18)32-3/h4-13,16H,14-15H2,1-3H3,(H,27,30). The number of carbonyl (C=O) groups excluding carboxylic acids is 1. The van der Waals surface area contributed by atoms with Crippen LogP contribution >= 0.6 is 0 Å². The lowest BCUT2D eigenvalue weighted by Gasteiger charge is -2.10. The number of nitrogens with one attached hydrogen (secondary N) is 1. The van der Waals surface area contributed by atoms with E-state index in [1.54, 1.807) is 38.5 Å². The zero-order chi connectivity index (χ0) is 23.2. The van der Waals surface area contributed by atoms with Gasteiger partial charge >= 0.3 is 0 Å². The van der Waals surface area contributed by atoms with E-state index in [1.165, 1.54) is 0 Å². The summed E-state index contributed by atoms with van der Waals surface area (Å²) in [6.07, 6.45) is 0.674. The molecule has 1 N–H and O–H groups in total. The van der Waals surface area contributed by atoms with Crippen LogP contribution in [0.25, 0.3) is 22.9 Å². The van der Waals surface area contributed by atoms with Crippen LogP contribution in [-0.2, 0) is 6.42 Å². The maximum Gasteiger partial charge on any atom is 0.251 e. The van der Waals surface area contributed by atoms with Crippen LogP contribution in [0.3, 0.4) is 0 Å². The Balaban J connectivity index is 1.36. The Morgan fingerprint density at radius 3 is 2.36 bits per heavy atom. The Morgan fingerprint density at radius 1 is 0.909 bits per heavy atom. The minimum absolute atomic E-state index is 0.145. The Kier molecular flexibility index (Phi) is 6.69. The summed E-state index contributed by atoms with van der Waals surface area (Å²) >= 11 is 0. The summed E-state index contributed by atoms with van der Waals surface area (Å²) < 4.78 is 16.4. The first-order valence-corrected chi connectivity index (χ1v) is 10.6. The highest BCUT2D eigenvalue weighted by Crippen LogP contribution is 2.28. The van der Waals surface area contributed by atoms with Gasteiger partial charge in [0.05, 0.1) is 14.2 Å². The maximum absolute atomic E-state index is 12.5. The molecule has 4 aromatic rings. The second-order valence-electron chi connectivity index (χ2n) is 7.50. The van der Waals surface area contributed by atoms with Crippen LogP contribution in [0.2, 0.25) is 0 Å². The van der Waals surface area contributed by atoms with E-state index in [0.717, 1.165) is 22.3 Å². The number of amides is 1. The van der Waals surface area contributed by atoms with Crippen molar-refractivity contribution in [2.75, 3.05) is 20.8 Å². The second-order valence-corrected chi connectivity index (χ2v) is 7.50. The molecule has 0 aliphatic heterocycles. The van der Waals surface area contributed by atoms with Crippen molar-refractivity contribution in [1.82, 2.24) is 15.5 Å². The summed E-state index contributed by atoms with van der Waals surface area (Å²) in [5.74, 6) is 2.09. The fourth-order valence-electron chi connectivity index (χ4n) is 3.48. The van der Waals surface area contributed by atoms with Gasteiger partial charge in [0.1, 0.15) is 0 Å². The molecule has 7 heteroatoms. The van der Waals surface area contributed by atoms with E-state index in [1.807, 2.05) is 49.4 Å². The molecule has 0 unspecified atom stereocenters. The fourth-order valence-corrected chi connectivity index (χ4v) is 3.48. The van der Waals surface area contributed by atoms with Gasteiger partial charge in [-0.1, -0.05) is 24.3 Å². The third-order valence-electron chi connectivity index (χ3n) is 5.34. The molecule has 0 radical (unpaired) electrons. The Labute approximate surface area is 192 Å². The number of ether oxygens (including phenoxy) is 2. The molecule has 0 aliphatic carbocycles. The summed E-state index contributed by atoms with van der Waals surface area (Å²) in [6.45, 7) is 2.50. The molecule has 0 atom stereocenters. The first-order chi connectivity index (χ1) is 16.1. The Morgan fingerprint density at radius 2 is 1.64 bits per heavy atom. The van der Waals surface area contributed by atoms with Crippen LogP contribution in [0.1, 0.15) is 21.5 Å². The normalized spacial score (nSPS) is 10.6. The molecule has 0 saturated carbocycles. The van der Waals surface area contributed by atoms with Gasteiger partial charge in [-0.25, -0.2) is 0 Å². The van der Waals surface area contributed by atoms with Crippen LogP contribution < -0.4 is 14.8 Å². The predicted octanol–water partition coefficient (Wildman–Crippen LogP) is 4.70. The number of carbonyl (C=O) groups is 1. The SMILES string of the molecule is COc1ccc(CCNC(=O)c2ccc(-c3nnc(-c4ccccc4C)o3)cc2)cc1OC. The third kappa shape index (κ3) is 5.03. The number of aromatic nitrogens is 2. The summed E-state index contributed by atoms with van der Waals surface area (Å²) in [5.41, 5.74) is 4.33. The van der Waals surface area contributed by atoms with E-state index in [9.17, 15) is 4.79 Å². The molecule has 33 heavy (non-hydrogen) atoms. The second kappa shape index (κ2) is 9.99. The van der Waals surface area contributed by atoms with Crippen molar-refractivity contribution in [2.45, 2.75) is 13.3 Å². The van der Waals surface area contributed by atoms with E-state index in [2.05, 4.69) is 15.5 Å². The molecule has 0 saturated heterocycles. The molecule has 3 aromatic carbocycles. The largest absolute Gasteiger partial charge is 0.493 e. The topological polar surface area (TPSA) is 86.5 Å². The molecular weight excluding hydrogens is 418 g/mol. The van der Waals surface area contributed by atoms with Gasteiger partial charge in [-0.2, -0.15) is 0 Å². The van der Waals surface area contributed by atoms with Crippen LogP contribution in [-0.4, -0.2) is 36.9 Å². The molecule has 0 bridgehead atoms. The molecule has 168 valence electrons. The fraction of sp³-hybridized carbons (Fsp3) is 0.192. The highest BCUT2D eigenvalue weighted by molar-refractivity contribution is 5.94. The van der Waals surface area contributed by atoms with Crippen molar-refractivity contribution in [1.29, 1.82) is 0 Å². The number of hydrogen-bond acceptors (Lipinski definition) is 6. The summed E-state index contributed by atoms with van der Waals surface area (Å²) in [5, 5.41) is 11.3. The molecule has 1 aromatic heterocycles. The van der Waals surface area contributed by atoms with Crippen molar-refractivity contribution >= 4 is 5.91 Å². The molecule has 0 fully saturated rings. The van der Waals surface area contributed by atoms with Gasteiger partial charge in [0.25, 0.3) is 5.91 Å². The van der Waals surface area contributed by atoms with E-state index in [0.29, 0.717) is 41.8 Å². The quantitative estimate of drug-likeness (QED) is 0.425. The van der Waals surface area contributed by atoms with Crippen molar-refractivity contribution in [3.05, 3.63) is 83.4 Å². The maximum atomic E-state index is 12.5. The highest BCUT2D eigenvalue weighted by atomic mass is 16.5. The van der Waals surface area contributed by atoms with Crippen LogP contribution in [0.15, 0.2) is 71.1 Å². The average Bonchev–Trinajstić information content (AvgIpc) is 3.34. The van der Waals surface area contributed by atoms with E-state index < -0.39 is 0 Å². The molecule has 4 rings (SSSR count). The smallest absolute Gasteiger partial charge is 0.251 e. The molecule has 0 aliphatic rings. The van der Waals surface area contributed by atoms with Gasteiger partial charge in [0, 0.05) is 23.2 Å². The predicted molar refractivity (Wildman–Crippen MR) is 125 cm³/mol. The van der Waals surface area contributed by atoms with Crippen LogP contribution in [0.4, 0.5) is 0 Å². The number of nitrogens with zero attached hydrogens (tertiary/aromatic N) is 2. The van der Waals surface area contributed by atoms with Crippen LogP contribution in [0, 0.1) is 6.92 Å². The Hall–Kier alpha value is -4.13. The van der Waals surface area contributed by atoms with Crippen LogP contribution in [0.5, 0.6) is 11.5 Å². The van der Waals surface area contributed by atoms with Crippen molar-refractivity contribution in [3.8, 4) is 34.4 Å². The van der Waals surface area contributed by atoms with Crippen molar-refractivity contribution in [2.24, 2.45) is 0 Å². The molecule has 1 amide bonds. The van der Waals surface area contributed by atoms with Crippen molar-refractivity contribution in [3.63, 3.8) is 0 Å². The minimum Gasteiger partial charge on any atom is -0.493 e. The summed E-state index contributed by atoms with van der Waals surface area (Å²) in [6, 6.07) is 20.7. The zero-order valence-corrected chi connectivity index (χ0v) is 18.8. The Bertz CT molecular complexity index is 1250. The first kappa shape index (κ1) is 22.1. The minimum atomic E-state index is -0.145. The van der Waals surface area contributed by atoms with Gasteiger partial charge in [-0.3, -0.25) is 4.79 Å². The lowest BCUT2D eigenvalue weighted by molar-refractivity contribution is 0.0954. The molecule has 0 spiro atoms.